The van der Waals surface area contributed by atoms with Crippen molar-refractivity contribution in [2.75, 3.05) is 13.1 Å². The van der Waals surface area contributed by atoms with Gasteiger partial charge in [0.2, 0.25) is 5.91 Å². The molecule has 7 heteroatoms. The lowest BCUT2D eigenvalue weighted by Crippen LogP contribution is -2.55. The van der Waals surface area contributed by atoms with Crippen molar-refractivity contribution in [3.8, 4) is 0 Å². The molecular formula is C17H25N3O3S. The number of aliphatic carboxylic acids is 1. The fraction of sp³-hybridized carbons (Fsp3) is 0.706. The van der Waals surface area contributed by atoms with Gasteiger partial charge < -0.3 is 10.4 Å². The molecule has 0 bridgehead atoms. The van der Waals surface area contributed by atoms with Crippen molar-refractivity contribution < 1.29 is 14.7 Å². The average Bonchev–Trinajstić information content (AvgIpc) is 3.19. The first kappa shape index (κ1) is 17.4. The van der Waals surface area contributed by atoms with Crippen molar-refractivity contribution in [1.82, 2.24) is 15.2 Å². The van der Waals surface area contributed by atoms with E-state index in [0.717, 1.165) is 30.1 Å². The molecule has 0 radical (unpaired) electrons. The molecule has 2 aliphatic rings. The van der Waals surface area contributed by atoms with Crippen LogP contribution < -0.4 is 5.32 Å². The molecule has 0 spiro atoms. The molecule has 0 aliphatic heterocycles. The molecule has 2 saturated carbocycles. The summed E-state index contributed by atoms with van der Waals surface area (Å²) in [5.41, 5.74) is 1.01. The van der Waals surface area contributed by atoms with Gasteiger partial charge >= 0.3 is 5.97 Å². The summed E-state index contributed by atoms with van der Waals surface area (Å²) in [5, 5.41) is 15.1. The average molecular weight is 351 g/mol. The zero-order valence-corrected chi connectivity index (χ0v) is 14.8. The Morgan fingerprint density at radius 3 is 2.75 bits per heavy atom. The minimum Gasteiger partial charge on any atom is -0.480 e. The predicted octanol–water partition coefficient (Wildman–Crippen LogP) is 1.83. The Morgan fingerprint density at radius 1 is 1.42 bits per heavy atom. The number of nitrogens with zero attached hydrogens (tertiary/aromatic N) is 2. The quantitative estimate of drug-likeness (QED) is 0.709. The normalized spacial score (nSPS) is 23.1. The van der Waals surface area contributed by atoms with Crippen LogP contribution in [0.2, 0.25) is 0 Å². The molecule has 0 saturated heterocycles. The van der Waals surface area contributed by atoms with Crippen LogP contribution in [0, 0.1) is 12.8 Å². The van der Waals surface area contributed by atoms with E-state index in [0.29, 0.717) is 24.8 Å². The largest absolute Gasteiger partial charge is 0.480 e. The van der Waals surface area contributed by atoms with Crippen molar-refractivity contribution in [2.45, 2.75) is 57.5 Å². The number of amides is 1. The number of rotatable bonds is 9. The highest BCUT2D eigenvalue weighted by atomic mass is 32.1. The third kappa shape index (κ3) is 5.01. The highest BCUT2D eigenvalue weighted by Gasteiger charge is 2.37. The summed E-state index contributed by atoms with van der Waals surface area (Å²) in [4.78, 5) is 29.5. The SMILES string of the molecule is Cc1csc(CCC(=O)NC2CC(N(CC(=O)O)CC3CC3)C2)n1. The smallest absolute Gasteiger partial charge is 0.317 e. The van der Waals surface area contributed by atoms with Gasteiger partial charge in [-0.3, -0.25) is 14.5 Å². The van der Waals surface area contributed by atoms with E-state index in [4.69, 9.17) is 5.11 Å². The first-order valence-electron chi connectivity index (χ1n) is 8.66. The van der Waals surface area contributed by atoms with Crippen LogP contribution >= 0.6 is 11.3 Å². The van der Waals surface area contributed by atoms with E-state index in [-0.39, 0.29) is 18.5 Å². The first-order chi connectivity index (χ1) is 11.5. The van der Waals surface area contributed by atoms with Crippen molar-refractivity contribution in [3.63, 3.8) is 0 Å². The van der Waals surface area contributed by atoms with E-state index < -0.39 is 5.97 Å². The van der Waals surface area contributed by atoms with Crippen LogP contribution in [0.25, 0.3) is 0 Å². The molecular weight excluding hydrogens is 326 g/mol. The number of aromatic nitrogens is 1. The summed E-state index contributed by atoms with van der Waals surface area (Å²) in [5.74, 6) is -0.0140. The molecule has 3 rings (SSSR count). The van der Waals surface area contributed by atoms with Crippen LogP contribution in [-0.2, 0) is 16.0 Å². The van der Waals surface area contributed by atoms with E-state index >= 15 is 0 Å². The van der Waals surface area contributed by atoms with Crippen LogP contribution in [0.4, 0.5) is 0 Å². The van der Waals surface area contributed by atoms with Gasteiger partial charge in [0.1, 0.15) is 0 Å². The number of nitrogens with one attached hydrogen (secondary N) is 1. The third-order valence-corrected chi connectivity index (χ3v) is 5.78. The van der Waals surface area contributed by atoms with Crippen LogP contribution in [0.1, 0.15) is 42.8 Å². The Morgan fingerprint density at radius 2 is 2.17 bits per heavy atom. The molecule has 6 nitrogen and oxygen atoms in total. The second-order valence-electron chi connectivity index (χ2n) is 7.04. The number of carbonyl (C=O) groups is 2. The molecule has 1 amide bonds. The van der Waals surface area contributed by atoms with Crippen LogP contribution in [0.5, 0.6) is 0 Å². The molecule has 132 valence electrons. The van der Waals surface area contributed by atoms with Crippen LogP contribution in [-0.4, -0.2) is 52.0 Å². The Labute approximate surface area is 146 Å². The lowest BCUT2D eigenvalue weighted by atomic mass is 9.85. The molecule has 0 atom stereocenters. The maximum atomic E-state index is 12.0. The molecule has 1 heterocycles. The van der Waals surface area contributed by atoms with Crippen molar-refractivity contribution in [1.29, 1.82) is 0 Å². The molecule has 2 aliphatic carbocycles. The van der Waals surface area contributed by atoms with Crippen molar-refractivity contribution in [3.05, 3.63) is 16.1 Å². The number of hydrogen-bond donors (Lipinski definition) is 2. The molecule has 2 N–H and O–H groups in total. The fourth-order valence-corrected chi connectivity index (χ4v) is 3.97. The number of aryl methyl sites for hydroxylation is 2. The van der Waals surface area contributed by atoms with Gasteiger partial charge in [-0.1, -0.05) is 0 Å². The third-order valence-electron chi connectivity index (χ3n) is 4.76. The van der Waals surface area contributed by atoms with E-state index in [1.807, 2.05) is 12.3 Å². The van der Waals surface area contributed by atoms with Crippen LogP contribution in [0.3, 0.4) is 0 Å². The minimum absolute atomic E-state index is 0.0679. The van der Waals surface area contributed by atoms with Gasteiger partial charge in [-0.25, -0.2) is 4.98 Å². The van der Waals surface area contributed by atoms with Crippen molar-refractivity contribution in [2.24, 2.45) is 5.92 Å². The number of thiazole rings is 1. The van der Waals surface area contributed by atoms with Gasteiger partial charge in [-0.05, 0) is 38.5 Å². The molecule has 24 heavy (non-hydrogen) atoms. The van der Waals surface area contributed by atoms with E-state index in [9.17, 15) is 9.59 Å². The first-order valence-corrected chi connectivity index (χ1v) is 9.53. The summed E-state index contributed by atoms with van der Waals surface area (Å²) in [6, 6.07) is 0.490. The van der Waals surface area contributed by atoms with Gasteiger partial charge in [0.25, 0.3) is 0 Å². The summed E-state index contributed by atoms with van der Waals surface area (Å²) < 4.78 is 0. The summed E-state index contributed by atoms with van der Waals surface area (Å²) in [7, 11) is 0. The molecule has 2 fully saturated rings. The maximum Gasteiger partial charge on any atom is 0.317 e. The molecule has 0 aromatic carbocycles. The zero-order valence-electron chi connectivity index (χ0n) is 14.0. The van der Waals surface area contributed by atoms with Crippen molar-refractivity contribution >= 4 is 23.2 Å². The lowest BCUT2D eigenvalue weighted by molar-refractivity contribution is -0.140. The number of carboxylic acid groups (broad SMARTS) is 1. The second-order valence-corrected chi connectivity index (χ2v) is 7.98. The lowest BCUT2D eigenvalue weighted by Gasteiger charge is -2.42. The highest BCUT2D eigenvalue weighted by molar-refractivity contribution is 7.09. The van der Waals surface area contributed by atoms with E-state index in [1.165, 1.54) is 12.8 Å². The number of carbonyl (C=O) groups excluding carboxylic acids is 1. The van der Waals surface area contributed by atoms with Gasteiger partial charge in [0.05, 0.1) is 11.6 Å². The Hall–Kier alpha value is -1.47. The Kier molecular flexibility index (Phi) is 5.50. The van der Waals surface area contributed by atoms with Gasteiger partial charge in [-0.2, -0.15) is 0 Å². The van der Waals surface area contributed by atoms with E-state index in [2.05, 4.69) is 15.2 Å². The maximum absolute atomic E-state index is 12.0. The predicted molar refractivity (Wildman–Crippen MR) is 92.1 cm³/mol. The summed E-state index contributed by atoms with van der Waals surface area (Å²) >= 11 is 1.60. The van der Waals surface area contributed by atoms with Gasteiger partial charge in [0.15, 0.2) is 0 Å². The topological polar surface area (TPSA) is 82.5 Å². The van der Waals surface area contributed by atoms with Gasteiger partial charge in [-0.15, -0.1) is 11.3 Å². The second kappa shape index (κ2) is 7.61. The highest BCUT2D eigenvalue weighted by Crippen LogP contribution is 2.33. The molecule has 0 unspecified atom stereocenters. The zero-order chi connectivity index (χ0) is 17.1. The number of carboxylic acids is 1. The van der Waals surface area contributed by atoms with Gasteiger partial charge in [0, 0.05) is 42.5 Å². The fourth-order valence-electron chi connectivity index (χ4n) is 3.19. The standard InChI is InChI=1S/C17H25N3O3S/c1-11-10-24-16(18-11)5-4-15(21)19-13-6-14(7-13)20(9-17(22)23)8-12-2-3-12/h10,12-14H,2-9H2,1H3,(H,19,21)(H,22,23). The molecule has 1 aromatic heterocycles. The minimum atomic E-state index is -0.762. The molecule has 1 aromatic rings. The summed E-state index contributed by atoms with van der Waals surface area (Å²) in [6.45, 7) is 2.96. The van der Waals surface area contributed by atoms with E-state index in [1.54, 1.807) is 11.3 Å². The monoisotopic (exact) mass is 351 g/mol. The summed E-state index contributed by atoms with van der Waals surface area (Å²) in [6.07, 6.45) is 5.32. The Bertz CT molecular complexity index is 594. The number of hydrogen-bond acceptors (Lipinski definition) is 5. The van der Waals surface area contributed by atoms with Crippen LogP contribution in [0.15, 0.2) is 5.38 Å². The Balaban J connectivity index is 1.37.